The van der Waals surface area contributed by atoms with Crippen LogP contribution >= 0.6 is 0 Å². The highest BCUT2D eigenvalue weighted by Crippen LogP contribution is 2.24. The Morgan fingerprint density at radius 1 is 0.967 bits per heavy atom. The van der Waals surface area contributed by atoms with Crippen LogP contribution in [0, 0.1) is 0 Å². The van der Waals surface area contributed by atoms with E-state index in [2.05, 4.69) is 9.71 Å². The predicted molar refractivity (Wildman–Crippen MR) is 118 cm³/mol. The first-order valence-electron chi connectivity index (χ1n) is 9.64. The molecule has 6 nitrogen and oxygen atoms in total. The highest BCUT2D eigenvalue weighted by Gasteiger charge is 2.22. The van der Waals surface area contributed by atoms with Crippen LogP contribution in [0.2, 0.25) is 0 Å². The molecule has 152 valence electrons. The monoisotopic (exact) mass is 419 g/mol. The van der Waals surface area contributed by atoms with Crippen LogP contribution in [0.3, 0.4) is 0 Å². The van der Waals surface area contributed by atoms with Gasteiger partial charge in [-0.25, -0.2) is 8.42 Å². The molecule has 1 aromatic heterocycles. The van der Waals surface area contributed by atoms with Crippen LogP contribution in [0.15, 0.2) is 77.8 Å². The van der Waals surface area contributed by atoms with Gasteiger partial charge in [0.1, 0.15) is 0 Å². The molecule has 2 aromatic carbocycles. The molecule has 1 aliphatic heterocycles. The molecule has 1 amide bonds. The molecule has 2 heterocycles. The van der Waals surface area contributed by atoms with E-state index in [9.17, 15) is 13.2 Å². The minimum Gasteiger partial charge on any atom is -0.312 e. The van der Waals surface area contributed by atoms with E-state index in [0.717, 1.165) is 23.4 Å². The first kappa shape index (κ1) is 19.8. The third-order valence-electron chi connectivity index (χ3n) is 4.81. The lowest BCUT2D eigenvalue weighted by atomic mass is 10.2. The zero-order valence-corrected chi connectivity index (χ0v) is 17.0. The molecule has 0 saturated carbocycles. The Bertz CT molecular complexity index is 1170. The fourth-order valence-corrected chi connectivity index (χ4v) is 4.35. The van der Waals surface area contributed by atoms with Gasteiger partial charge >= 0.3 is 0 Å². The number of benzene rings is 2. The summed E-state index contributed by atoms with van der Waals surface area (Å²) in [6.45, 7) is 0.669. The second-order valence-electron chi connectivity index (χ2n) is 6.96. The van der Waals surface area contributed by atoms with E-state index in [1.165, 1.54) is 12.1 Å². The number of rotatable bonds is 6. The number of hydrogen-bond acceptors (Lipinski definition) is 4. The number of carbonyl (C=O) groups is 1. The van der Waals surface area contributed by atoms with Crippen molar-refractivity contribution in [1.82, 2.24) is 4.98 Å². The molecule has 0 aliphatic carbocycles. The summed E-state index contributed by atoms with van der Waals surface area (Å²) in [5, 5.41) is 0. The van der Waals surface area contributed by atoms with Crippen LogP contribution in [0.1, 0.15) is 24.1 Å². The number of sulfonamides is 1. The topological polar surface area (TPSA) is 79.4 Å². The molecule has 3 aromatic rings. The number of carbonyl (C=O) groups excluding carboxylic acids is 1. The lowest BCUT2D eigenvalue weighted by molar-refractivity contribution is -0.117. The molecule has 0 atom stereocenters. The highest BCUT2D eigenvalue weighted by atomic mass is 32.2. The van der Waals surface area contributed by atoms with Crippen molar-refractivity contribution in [3.05, 3.63) is 84.2 Å². The maximum atomic E-state index is 12.8. The summed E-state index contributed by atoms with van der Waals surface area (Å²) in [5.74, 6) is 0.0688. The van der Waals surface area contributed by atoms with E-state index in [0.29, 0.717) is 18.7 Å². The van der Waals surface area contributed by atoms with Gasteiger partial charge in [0.05, 0.1) is 10.6 Å². The van der Waals surface area contributed by atoms with Crippen molar-refractivity contribution >= 4 is 39.5 Å². The van der Waals surface area contributed by atoms with Crippen LogP contribution in [-0.4, -0.2) is 25.9 Å². The maximum Gasteiger partial charge on any atom is 0.261 e. The molecular formula is C23H21N3O3S. The standard InChI is InChI=1S/C23H21N3O3S/c27-23-8-4-16-26(23)21-11-13-22(14-12-21)30(28,29)25-20-7-3-5-18(17-20)9-10-19-6-1-2-15-24-19/h1-3,5-7,9-15,17,25H,4,8,16H2/b10-9+. The second kappa shape index (κ2) is 8.51. The number of amides is 1. The largest absolute Gasteiger partial charge is 0.312 e. The van der Waals surface area contributed by atoms with Crippen LogP contribution in [0.5, 0.6) is 0 Å². The van der Waals surface area contributed by atoms with Gasteiger partial charge in [0.25, 0.3) is 10.0 Å². The van der Waals surface area contributed by atoms with Crippen molar-refractivity contribution in [1.29, 1.82) is 0 Å². The zero-order valence-electron chi connectivity index (χ0n) is 16.2. The van der Waals surface area contributed by atoms with Gasteiger partial charge in [-0.2, -0.15) is 0 Å². The highest BCUT2D eigenvalue weighted by molar-refractivity contribution is 7.92. The first-order valence-corrected chi connectivity index (χ1v) is 11.1. The van der Waals surface area contributed by atoms with Gasteiger partial charge in [0, 0.05) is 30.5 Å². The smallest absolute Gasteiger partial charge is 0.261 e. The minimum absolute atomic E-state index is 0.0688. The third-order valence-corrected chi connectivity index (χ3v) is 6.20. The second-order valence-corrected chi connectivity index (χ2v) is 8.64. The average molecular weight is 420 g/mol. The van der Waals surface area contributed by atoms with Gasteiger partial charge in [-0.1, -0.05) is 24.3 Å². The summed E-state index contributed by atoms with van der Waals surface area (Å²) in [6.07, 6.45) is 6.82. The van der Waals surface area contributed by atoms with Crippen LogP contribution < -0.4 is 9.62 Å². The van der Waals surface area contributed by atoms with Gasteiger partial charge in [-0.3, -0.25) is 14.5 Å². The normalized spacial score (nSPS) is 14.4. The number of pyridine rings is 1. The number of hydrogen-bond donors (Lipinski definition) is 1. The number of anilines is 2. The van der Waals surface area contributed by atoms with E-state index in [-0.39, 0.29) is 10.8 Å². The fourth-order valence-electron chi connectivity index (χ4n) is 3.30. The van der Waals surface area contributed by atoms with Crippen LogP contribution in [0.25, 0.3) is 12.2 Å². The van der Waals surface area contributed by atoms with Gasteiger partial charge in [0.15, 0.2) is 0 Å². The Kier molecular flexibility index (Phi) is 5.63. The van der Waals surface area contributed by atoms with Crippen molar-refractivity contribution in [2.45, 2.75) is 17.7 Å². The maximum absolute atomic E-state index is 12.8. The predicted octanol–water partition coefficient (Wildman–Crippen LogP) is 4.18. The van der Waals surface area contributed by atoms with Crippen LogP contribution in [-0.2, 0) is 14.8 Å². The van der Waals surface area contributed by atoms with E-state index in [4.69, 9.17) is 0 Å². The average Bonchev–Trinajstić information content (AvgIpc) is 3.19. The molecule has 30 heavy (non-hydrogen) atoms. The summed E-state index contributed by atoms with van der Waals surface area (Å²) in [7, 11) is -3.74. The van der Waals surface area contributed by atoms with E-state index < -0.39 is 10.0 Å². The van der Waals surface area contributed by atoms with Crippen molar-refractivity contribution in [3.8, 4) is 0 Å². The lowest BCUT2D eigenvalue weighted by Gasteiger charge is -2.16. The Morgan fingerprint density at radius 3 is 2.50 bits per heavy atom. The molecule has 1 aliphatic rings. The van der Waals surface area contributed by atoms with E-state index in [1.807, 2.05) is 36.4 Å². The SMILES string of the molecule is O=C1CCCN1c1ccc(S(=O)(=O)Nc2cccc(/C=C/c3ccccn3)c2)cc1. The molecule has 0 spiro atoms. The summed E-state index contributed by atoms with van der Waals surface area (Å²) in [6, 6.07) is 19.2. The number of nitrogens with one attached hydrogen (secondary N) is 1. The van der Waals surface area contributed by atoms with Gasteiger partial charge in [-0.05, 0) is 66.6 Å². The van der Waals surface area contributed by atoms with E-state index in [1.54, 1.807) is 41.4 Å². The Hall–Kier alpha value is -3.45. The van der Waals surface area contributed by atoms with Crippen molar-refractivity contribution in [3.63, 3.8) is 0 Å². The molecule has 0 radical (unpaired) electrons. The van der Waals surface area contributed by atoms with E-state index >= 15 is 0 Å². The zero-order chi connectivity index (χ0) is 21.0. The Morgan fingerprint density at radius 2 is 1.80 bits per heavy atom. The number of aromatic nitrogens is 1. The molecule has 7 heteroatoms. The van der Waals surface area contributed by atoms with Gasteiger partial charge in [0.2, 0.25) is 5.91 Å². The minimum atomic E-state index is -3.74. The number of nitrogens with zero attached hydrogens (tertiary/aromatic N) is 2. The molecule has 1 fully saturated rings. The summed E-state index contributed by atoms with van der Waals surface area (Å²) in [5.41, 5.74) is 2.86. The molecule has 4 rings (SSSR count). The summed E-state index contributed by atoms with van der Waals surface area (Å²) in [4.78, 5) is 17.9. The molecule has 0 unspecified atom stereocenters. The van der Waals surface area contributed by atoms with Gasteiger partial charge < -0.3 is 4.90 Å². The lowest BCUT2D eigenvalue weighted by Crippen LogP contribution is -2.23. The summed E-state index contributed by atoms with van der Waals surface area (Å²) < 4.78 is 28.2. The van der Waals surface area contributed by atoms with Crippen molar-refractivity contribution in [2.75, 3.05) is 16.2 Å². The molecular weight excluding hydrogens is 398 g/mol. The quantitative estimate of drug-likeness (QED) is 0.650. The Labute approximate surface area is 175 Å². The van der Waals surface area contributed by atoms with Crippen molar-refractivity contribution in [2.24, 2.45) is 0 Å². The fraction of sp³-hybridized carbons (Fsp3) is 0.130. The summed E-state index contributed by atoms with van der Waals surface area (Å²) >= 11 is 0. The van der Waals surface area contributed by atoms with Crippen molar-refractivity contribution < 1.29 is 13.2 Å². The Balaban J connectivity index is 1.49. The molecule has 1 N–H and O–H groups in total. The molecule has 0 bridgehead atoms. The third kappa shape index (κ3) is 4.58. The first-order chi connectivity index (χ1) is 14.5. The van der Waals surface area contributed by atoms with Crippen LogP contribution in [0.4, 0.5) is 11.4 Å². The van der Waals surface area contributed by atoms with Gasteiger partial charge in [-0.15, -0.1) is 0 Å². The molecule has 1 saturated heterocycles.